The molecule has 0 unspecified atom stereocenters. The summed E-state index contributed by atoms with van der Waals surface area (Å²) in [6.07, 6.45) is 3.20. The lowest BCUT2D eigenvalue weighted by atomic mass is 10.0. The van der Waals surface area contributed by atoms with Gasteiger partial charge in [-0.3, -0.25) is 23.6 Å². The van der Waals surface area contributed by atoms with Crippen molar-refractivity contribution in [3.8, 4) is 11.1 Å². The standard InChI is InChI=1S/C26H24N6O4/c1-16(25(34)31-9-11-36-12-10-31)28-24(33)17(2)32-15-27-23-20(5-4-6-21(23)26(32)35)18-7-8-19-14-30(3)29-22(19)13-18/h4-8,13-15H,1-2,9-12H2,3H3,(H,28,33). The van der Waals surface area contributed by atoms with Gasteiger partial charge in [0.1, 0.15) is 12.0 Å². The Morgan fingerprint density at radius 1 is 1.11 bits per heavy atom. The highest BCUT2D eigenvalue weighted by Gasteiger charge is 2.22. The summed E-state index contributed by atoms with van der Waals surface area (Å²) < 4.78 is 8.05. The summed E-state index contributed by atoms with van der Waals surface area (Å²) in [5.74, 6) is -1.13. The van der Waals surface area contributed by atoms with E-state index in [1.807, 2.05) is 37.5 Å². The van der Waals surface area contributed by atoms with Gasteiger partial charge in [-0.2, -0.15) is 5.10 Å². The second kappa shape index (κ2) is 9.23. The van der Waals surface area contributed by atoms with E-state index in [0.29, 0.717) is 37.2 Å². The van der Waals surface area contributed by atoms with Gasteiger partial charge in [-0.1, -0.05) is 37.4 Å². The van der Waals surface area contributed by atoms with Gasteiger partial charge < -0.3 is 15.0 Å². The number of rotatable bonds is 5. The molecular formula is C26H24N6O4. The number of carbonyl (C=O) groups excluding carboxylic acids is 2. The molecule has 2 aromatic carbocycles. The molecule has 0 saturated carbocycles. The van der Waals surface area contributed by atoms with Gasteiger partial charge in [-0.25, -0.2) is 4.98 Å². The molecular weight excluding hydrogens is 460 g/mol. The number of hydrogen-bond donors (Lipinski definition) is 1. The summed E-state index contributed by atoms with van der Waals surface area (Å²) in [6, 6.07) is 11.2. The molecule has 0 radical (unpaired) electrons. The van der Waals surface area contributed by atoms with Gasteiger partial charge in [0.15, 0.2) is 0 Å². The zero-order valence-electron chi connectivity index (χ0n) is 19.7. The zero-order chi connectivity index (χ0) is 25.4. The maximum Gasteiger partial charge on any atom is 0.272 e. The Balaban J connectivity index is 1.42. The first-order chi connectivity index (χ1) is 17.3. The molecule has 10 nitrogen and oxygen atoms in total. The second-order valence-electron chi connectivity index (χ2n) is 8.48. The monoisotopic (exact) mass is 484 g/mol. The van der Waals surface area contributed by atoms with E-state index in [9.17, 15) is 14.4 Å². The van der Waals surface area contributed by atoms with Crippen LogP contribution in [-0.4, -0.2) is 62.3 Å². The number of nitrogens with zero attached hydrogens (tertiary/aromatic N) is 5. The predicted molar refractivity (Wildman–Crippen MR) is 136 cm³/mol. The van der Waals surface area contributed by atoms with Crippen LogP contribution < -0.4 is 10.9 Å². The lowest BCUT2D eigenvalue weighted by Gasteiger charge is -2.27. The second-order valence-corrected chi connectivity index (χ2v) is 8.48. The van der Waals surface area contributed by atoms with Gasteiger partial charge in [0.2, 0.25) is 0 Å². The molecule has 2 amide bonds. The number of aryl methyl sites for hydroxylation is 1. The van der Waals surface area contributed by atoms with Crippen LogP contribution in [-0.2, 0) is 21.4 Å². The molecule has 1 fully saturated rings. The minimum absolute atomic E-state index is 0.1000. The summed E-state index contributed by atoms with van der Waals surface area (Å²) >= 11 is 0. The van der Waals surface area contributed by atoms with E-state index in [0.717, 1.165) is 26.6 Å². The molecule has 3 heterocycles. The molecule has 0 bridgehead atoms. The van der Waals surface area contributed by atoms with Crippen LogP contribution in [0.3, 0.4) is 0 Å². The van der Waals surface area contributed by atoms with E-state index >= 15 is 0 Å². The summed E-state index contributed by atoms with van der Waals surface area (Å²) in [5, 5.41) is 8.23. The van der Waals surface area contributed by atoms with Crippen LogP contribution in [0.15, 0.2) is 72.6 Å². The normalized spacial score (nSPS) is 13.6. The Hall–Kier alpha value is -4.57. The molecule has 1 aliphatic rings. The van der Waals surface area contributed by atoms with Gasteiger partial charge in [0.25, 0.3) is 17.4 Å². The predicted octanol–water partition coefficient (Wildman–Crippen LogP) is 1.91. The highest BCUT2D eigenvalue weighted by molar-refractivity contribution is 6.15. The molecule has 0 spiro atoms. The molecule has 5 rings (SSSR count). The van der Waals surface area contributed by atoms with E-state index in [1.165, 1.54) is 6.33 Å². The lowest BCUT2D eigenvalue weighted by Crippen LogP contribution is -2.44. The van der Waals surface area contributed by atoms with Gasteiger partial charge in [0.05, 0.1) is 35.3 Å². The maximum atomic E-state index is 13.3. The SMILES string of the molecule is C=C(NC(=O)C(=C)n1cnc2c(-c3ccc4cn(C)nc4c3)cccc2c1=O)C(=O)N1CCOCC1. The maximum absolute atomic E-state index is 13.3. The molecule has 36 heavy (non-hydrogen) atoms. The van der Waals surface area contributed by atoms with Crippen LogP contribution in [0.4, 0.5) is 0 Å². The van der Waals surface area contributed by atoms with Crippen molar-refractivity contribution >= 4 is 39.3 Å². The molecule has 2 aromatic heterocycles. The van der Waals surface area contributed by atoms with Crippen molar-refractivity contribution < 1.29 is 14.3 Å². The van der Waals surface area contributed by atoms with Crippen LogP contribution in [0.2, 0.25) is 0 Å². The minimum atomic E-state index is -0.721. The molecule has 182 valence electrons. The average Bonchev–Trinajstić information content (AvgIpc) is 3.27. The average molecular weight is 485 g/mol. The third kappa shape index (κ3) is 4.18. The fourth-order valence-electron chi connectivity index (χ4n) is 4.21. The highest BCUT2D eigenvalue weighted by atomic mass is 16.5. The van der Waals surface area contributed by atoms with Crippen molar-refractivity contribution in [3.63, 3.8) is 0 Å². The van der Waals surface area contributed by atoms with Crippen LogP contribution in [0.1, 0.15) is 0 Å². The van der Waals surface area contributed by atoms with Crippen LogP contribution in [0, 0.1) is 0 Å². The lowest BCUT2D eigenvalue weighted by molar-refractivity contribution is -0.132. The molecule has 0 aliphatic carbocycles. The smallest absolute Gasteiger partial charge is 0.272 e. The van der Waals surface area contributed by atoms with Crippen LogP contribution in [0.5, 0.6) is 0 Å². The third-order valence-corrected chi connectivity index (χ3v) is 6.09. The van der Waals surface area contributed by atoms with E-state index in [4.69, 9.17) is 4.74 Å². The number of para-hydroxylation sites is 1. The molecule has 1 aliphatic heterocycles. The van der Waals surface area contributed by atoms with Crippen molar-refractivity contribution in [2.24, 2.45) is 7.05 Å². The van der Waals surface area contributed by atoms with Crippen molar-refractivity contribution in [2.75, 3.05) is 26.3 Å². The molecule has 1 saturated heterocycles. The van der Waals surface area contributed by atoms with Crippen LogP contribution >= 0.6 is 0 Å². The third-order valence-electron chi connectivity index (χ3n) is 6.09. The van der Waals surface area contributed by atoms with Gasteiger partial charge in [-0.05, 0) is 17.7 Å². The first-order valence-corrected chi connectivity index (χ1v) is 11.3. The molecule has 1 N–H and O–H groups in total. The Labute approximate surface area is 206 Å². The summed E-state index contributed by atoms with van der Waals surface area (Å²) in [5.41, 5.74) is 2.23. The largest absolute Gasteiger partial charge is 0.378 e. The fraction of sp³-hybridized carbons (Fsp3) is 0.192. The number of morpholine rings is 1. The number of benzene rings is 2. The zero-order valence-corrected chi connectivity index (χ0v) is 19.7. The van der Waals surface area contributed by atoms with E-state index in [-0.39, 0.29) is 11.4 Å². The van der Waals surface area contributed by atoms with Gasteiger partial charge >= 0.3 is 0 Å². The van der Waals surface area contributed by atoms with E-state index in [2.05, 4.69) is 28.6 Å². The Kier molecular flexibility index (Phi) is 5.95. The number of carbonyl (C=O) groups is 2. The number of nitrogens with one attached hydrogen (secondary N) is 1. The van der Waals surface area contributed by atoms with E-state index < -0.39 is 17.4 Å². The first-order valence-electron chi connectivity index (χ1n) is 11.3. The first kappa shape index (κ1) is 23.2. The summed E-state index contributed by atoms with van der Waals surface area (Å²) in [6.45, 7) is 9.10. The number of fused-ring (bicyclic) bond motifs is 2. The van der Waals surface area contributed by atoms with Crippen molar-refractivity contribution in [1.82, 2.24) is 29.5 Å². The summed E-state index contributed by atoms with van der Waals surface area (Å²) in [7, 11) is 1.86. The number of hydrogen-bond acceptors (Lipinski definition) is 6. The van der Waals surface area contributed by atoms with Crippen LogP contribution in [0.25, 0.3) is 38.6 Å². The van der Waals surface area contributed by atoms with Crippen molar-refractivity contribution in [3.05, 3.63) is 78.1 Å². The quantitative estimate of drug-likeness (QED) is 0.433. The Morgan fingerprint density at radius 3 is 2.67 bits per heavy atom. The van der Waals surface area contributed by atoms with Crippen molar-refractivity contribution in [2.45, 2.75) is 0 Å². The number of aromatic nitrogens is 4. The summed E-state index contributed by atoms with van der Waals surface area (Å²) in [4.78, 5) is 44.6. The van der Waals surface area contributed by atoms with Gasteiger partial charge in [-0.15, -0.1) is 0 Å². The number of ether oxygens (including phenoxy) is 1. The Bertz CT molecular complexity index is 1610. The fourth-order valence-corrected chi connectivity index (χ4v) is 4.21. The highest BCUT2D eigenvalue weighted by Crippen LogP contribution is 2.28. The molecule has 4 aromatic rings. The topological polar surface area (TPSA) is 111 Å². The van der Waals surface area contributed by atoms with E-state index in [1.54, 1.807) is 21.7 Å². The van der Waals surface area contributed by atoms with Crippen molar-refractivity contribution in [1.29, 1.82) is 0 Å². The molecule has 10 heteroatoms. The van der Waals surface area contributed by atoms with Gasteiger partial charge in [0, 0.05) is 37.3 Å². The molecule has 0 atom stereocenters. The minimum Gasteiger partial charge on any atom is -0.378 e. The number of amides is 2. The Morgan fingerprint density at radius 2 is 1.89 bits per heavy atom.